The van der Waals surface area contributed by atoms with E-state index in [9.17, 15) is 4.79 Å². The lowest BCUT2D eigenvalue weighted by Gasteiger charge is -2.06. The Labute approximate surface area is 109 Å². The minimum atomic E-state index is 0.0710. The summed E-state index contributed by atoms with van der Waals surface area (Å²) in [5.74, 6) is 1.46. The Bertz CT molecular complexity index is 513. The molecule has 94 valence electrons. The van der Waals surface area contributed by atoms with Gasteiger partial charge in [0.2, 0.25) is 0 Å². The van der Waals surface area contributed by atoms with E-state index in [-0.39, 0.29) is 12.3 Å². The Morgan fingerprint density at radius 1 is 1.33 bits per heavy atom. The topological polar surface area (TPSA) is 66.9 Å². The highest BCUT2D eigenvalue weighted by Crippen LogP contribution is 2.13. The van der Waals surface area contributed by atoms with Crippen LogP contribution in [-0.2, 0) is 11.3 Å². The van der Waals surface area contributed by atoms with Crippen LogP contribution in [0.3, 0.4) is 0 Å². The maximum Gasteiger partial charge on any atom is 0.148 e. The molecule has 0 saturated heterocycles. The lowest BCUT2D eigenvalue weighted by molar-refractivity contribution is -0.115. The number of aromatic nitrogens is 2. The fourth-order valence-corrected chi connectivity index (χ4v) is 2.00. The Morgan fingerprint density at radius 3 is 2.78 bits per heavy atom. The van der Waals surface area contributed by atoms with Crippen molar-refractivity contribution in [3.05, 3.63) is 34.8 Å². The van der Waals surface area contributed by atoms with Gasteiger partial charge >= 0.3 is 0 Å². The molecular weight excluding hydrogens is 248 g/mol. The molecule has 0 radical (unpaired) electrons. The number of hydrogen-bond acceptors (Lipinski definition) is 6. The Balaban J connectivity index is 1.92. The second kappa shape index (κ2) is 6.11. The van der Waals surface area contributed by atoms with Crippen molar-refractivity contribution in [1.82, 2.24) is 9.97 Å². The number of nitrogens with one attached hydrogen (secondary N) is 2. The summed E-state index contributed by atoms with van der Waals surface area (Å²) >= 11 is 1.69. The molecule has 2 rings (SSSR count). The highest BCUT2D eigenvalue weighted by atomic mass is 32.1. The zero-order valence-corrected chi connectivity index (χ0v) is 10.8. The third-order valence-corrected chi connectivity index (χ3v) is 3.09. The van der Waals surface area contributed by atoms with Crippen molar-refractivity contribution in [2.24, 2.45) is 0 Å². The predicted octanol–water partition coefficient (Wildman–Crippen LogP) is 2.15. The van der Waals surface area contributed by atoms with Crippen molar-refractivity contribution >= 4 is 28.8 Å². The summed E-state index contributed by atoms with van der Waals surface area (Å²) in [5, 5.41) is 8.19. The molecule has 2 N–H and O–H groups in total. The van der Waals surface area contributed by atoms with Gasteiger partial charge in [-0.05, 0) is 18.4 Å². The van der Waals surface area contributed by atoms with Gasteiger partial charge in [-0.15, -0.1) is 11.3 Å². The van der Waals surface area contributed by atoms with Crippen molar-refractivity contribution in [1.29, 1.82) is 0 Å². The van der Waals surface area contributed by atoms with E-state index in [2.05, 4.69) is 26.7 Å². The molecule has 0 aromatic carbocycles. The van der Waals surface area contributed by atoms with Crippen LogP contribution in [0, 0.1) is 0 Å². The van der Waals surface area contributed by atoms with Crippen LogP contribution >= 0.6 is 11.3 Å². The maximum absolute atomic E-state index is 10.9. The van der Waals surface area contributed by atoms with Crippen LogP contribution in [0.5, 0.6) is 0 Å². The summed E-state index contributed by atoms with van der Waals surface area (Å²) < 4.78 is 0. The number of anilines is 2. The first-order valence-electron chi connectivity index (χ1n) is 5.55. The van der Waals surface area contributed by atoms with Gasteiger partial charge in [0.1, 0.15) is 23.7 Å². The molecule has 0 fully saturated rings. The normalized spacial score (nSPS) is 10.1. The van der Waals surface area contributed by atoms with Gasteiger partial charge in [-0.3, -0.25) is 4.79 Å². The third-order valence-electron chi connectivity index (χ3n) is 2.21. The summed E-state index contributed by atoms with van der Waals surface area (Å²) in [4.78, 5) is 20.3. The first kappa shape index (κ1) is 12.5. The van der Waals surface area contributed by atoms with Crippen LogP contribution in [0.25, 0.3) is 0 Å². The molecule has 0 amide bonds. The van der Waals surface area contributed by atoms with E-state index in [1.807, 2.05) is 11.4 Å². The van der Waals surface area contributed by atoms with Crippen LogP contribution in [0.4, 0.5) is 11.6 Å². The molecule has 2 aromatic heterocycles. The largest absolute Gasteiger partial charge is 0.365 e. The van der Waals surface area contributed by atoms with Gasteiger partial charge in [-0.2, -0.15) is 0 Å². The number of Topliss-reactive ketones (excluding diaryl/α,β-unsaturated/α-hetero) is 1. The summed E-state index contributed by atoms with van der Waals surface area (Å²) in [6.45, 7) is 2.55. The van der Waals surface area contributed by atoms with Gasteiger partial charge in [0.15, 0.2) is 0 Å². The molecular formula is C12H14N4OS. The second-order valence-corrected chi connectivity index (χ2v) is 4.81. The molecule has 5 nitrogen and oxygen atoms in total. The second-order valence-electron chi connectivity index (χ2n) is 3.78. The van der Waals surface area contributed by atoms with E-state index >= 15 is 0 Å². The lowest BCUT2D eigenvalue weighted by atomic mass is 10.4. The lowest BCUT2D eigenvalue weighted by Crippen LogP contribution is -2.11. The van der Waals surface area contributed by atoms with Gasteiger partial charge in [0.05, 0.1) is 13.1 Å². The van der Waals surface area contributed by atoms with Crippen LogP contribution in [0.15, 0.2) is 29.9 Å². The standard InChI is InChI=1S/C12H14N4OS/c1-9(17)6-13-11-5-12(16-8-15-11)14-7-10-3-2-4-18-10/h2-5,8H,6-7H2,1H3,(H2,13,14,15,16). The first-order valence-corrected chi connectivity index (χ1v) is 6.43. The van der Waals surface area contributed by atoms with E-state index in [0.29, 0.717) is 5.82 Å². The predicted molar refractivity (Wildman–Crippen MR) is 72.8 cm³/mol. The van der Waals surface area contributed by atoms with E-state index in [1.54, 1.807) is 17.4 Å². The van der Waals surface area contributed by atoms with E-state index in [4.69, 9.17) is 0 Å². The maximum atomic E-state index is 10.9. The summed E-state index contributed by atoms with van der Waals surface area (Å²) in [6.07, 6.45) is 1.47. The van der Waals surface area contributed by atoms with E-state index < -0.39 is 0 Å². The van der Waals surface area contributed by atoms with E-state index in [0.717, 1.165) is 12.4 Å². The summed E-state index contributed by atoms with van der Waals surface area (Å²) in [5.41, 5.74) is 0. The monoisotopic (exact) mass is 262 g/mol. The van der Waals surface area contributed by atoms with Crippen molar-refractivity contribution in [2.75, 3.05) is 17.2 Å². The van der Waals surface area contributed by atoms with Gasteiger partial charge in [0.25, 0.3) is 0 Å². The molecule has 2 aromatic rings. The van der Waals surface area contributed by atoms with Gasteiger partial charge in [0, 0.05) is 10.9 Å². The van der Waals surface area contributed by atoms with Gasteiger partial charge in [-0.25, -0.2) is 9.97 Å². The molecule has 6 heteroatoms. The Kier molecular flexibility index (Phi) is 4.25. The average molecular weight is 262 g/mol. The van der Waals surface area contributed by atoms with Crippen molar-refractivity contribution in [3.63, 3.8) is 0 Å². The molecule has 0 aliphatic heterocycles. The van der Waals surface area contributed by atoms with E-state index in [1.165, 1.54) is 18.1 Å². The first-order chi connectivity index (χ1) is 8.74. The Morgan fingerprint density at radius 2 is 2.11 bits per heavy atom. The number of carbonyl (C=O) groups is 1. The van der Waals surface area contributed by atoms with Crippen molar-refractivity contribution < 1.29 is 4.79 Å². The molecule has 0 aliphatic rings. The highest BCUT2D eigenvalue weighted by molar-refractivity contribution is 7.09. The van der Waals surface area contributed by atoms with Crippen LogP contribution in [0.1, 0.15) is 11.8 Å². The highest BCUT2D eigenvalue weighted by Gasteiger charge is 2.00. The van der Waals surface area contributed by atoms with Crippen LogP contribution in [0.2, 0.25) is 0 Å². The summed E-state index contributed by atoms with van der Waals surface area (Å²) in [6, 6.07) is 5.87. The molecule has 0 spiro atoms. The zero-order chi connectivity index (χ0) is 12.8. The number of thiophene rings is 1. The fraction of sp³-hybridized carbons (Fsp3) is 0.250. The quantitative estimate of drug-likeness (QED) is 0.835. The zero-order valence-electron chi connectivity index (χ0n) is 10.0. The van der Waals surface area contributed by atoms with Crippen molar-refractivity contribution in [2.45, 2.75) is 13.5 Å². The average Bonchev–Trinajstić information content (AvgIpc) is 2.87. The molecule has 2 heterocycles. The van der Waals surface area contributed by atoms with Gasteiger partial charge < -0.3 is 10.6 Å². The SMILES string of the molecule is CC(=O)CNc1cc(NCc2cccs2)ncn1. The van der Waals surface area contributed by atoms with Crippen LogP contribution in [-0.4, -0.2) is 22.3 Å². The smallest absolute Gasteiger partial charge is 0.148 e. The van der Waals surface area contributed by atoms with Crippen molar-refractivity contribution in [3.8, 4) is 0 Å². The molecule has 18 heavy (non-hydrogen) atoms. The molecule has 0 aliphatic carbocycles. The minimum Gasteiger partial charge on any atom is -0.365 e. The number of nitrogens with zero attached hydrogens (tertiary/aromatic N) is 2. The van der Waals surface area contributed by atoms with Gasteiger partial charge in [-0.1, -0.05) is 6.07 Å². The number of rotatable bonds is 6. The Hall–Kier alpha value is -1.95. The molecule has 0 saturated carbocycles. The number of ketones is 1. The number of hydrogen-bond donors (Lipinski definition) is 2. The summed E-state index contributed by atoms with van der Waals surface area (Å²) in [7, 11) is 0. The number of carbonyl (C=O) groups excluding carboxylic acids is 1. The molecule has 0 unspecified atom stereocenters. The molecule has 0 atom stereocenters. The minimum absolute atomic E-state index is 0.0710. The van der Waals surface area contributed by atoms with Crippen LogP contribution < -0.4 is 10.6 Å². The molecule has 0 bridgehead atoms. The third kappa shape index (κ3) is 3.81. The fourth-order valence-electron chi connectivity index (χ4n) is 1.36.